The molecule has 0 saturated carbocycles. The van der Waals surface area contributed by atoms with Crippen LogP contribution in [0.25, 0.3) is 6.08 Å². The summed E-state index contributed by atoms with van der Waals surface area (Å²) in [5.74, 6) is -0.280. The third-order valence-corrected chi connectivity index (χ3v) is 6.10. The zero-order chi connectivity index (χ0) is 24.0. The lowest BCUT2D eigenvalue weighted by molar-refractivity contribution is -0.112. The fourth-order valence-electron chi connectivity index (χ4n) is 2.81. The molecule has 0 spiro atoms. The molecule has 0 atom stereocenters. The molecule has 0 saturated heterocycles. The third-order valence-electron chi connectivity index (χ3n) is 4.41. The Hall–Kier alpha value is -3.00. The van der Waals surface area contributed by atoms with E-state index in [4.69, 9.17) is 39.5 Å². The number of carbonyl (C=O) groups is 1. The van der Waals surface area contributed by atoms with E-state index >= 15 is 0 Å². The first-order chi connectivity index (χ1) is 15.8. The number of anilines is 1. The first-order valence-electron chi connectivity index (χ1n) is 9.31. The molecule has 0 aromatic heterocycles. The minimum Gasteiger partial charge on any atom is -0.486 e. The average molecular weight is 562 g/mol. The summed E-state index contributed by atoms with van der Waals surface area (Å²) in [6.07, 6.45) is 1.39. The third kappa shape index (κ3) is 6.07. The lowest BCUT2D eigenvalue weighted by Crippen LogP contribution is -2.13. The SMILES string of the molecule is N#C/C(=C/c1cc(Cl)c(OCc2ccccc2C#N)c(Br)c1)C(=O)Nc1cccc(Cl)c1Cl. The first kappa shape index (κ1) is 24.6. The number of nitrogens with one attached hydrogen (secondary N) is 1. The number of rotatable bonds is 6. The number of ether oxygens (including phenoxy) is 1. The van der Waals surface area contributed by atoms with Crippen molar-refractivity contribution < 1.29 is 9.53 Å². The second-order valence-electron chi connectivity index (χ2n) is 6.60. The molecule has 3 aromatic rings. The highest BCUT2D eigenvalue weighted by molar-refractivity contribution is 9.10. The predicted octanol–water partition coefficient (Wildman–Crippen LogP) is 7.41. The monoisotopic (exact) mass is 559 g/mol. The molecule has 0 aliphatic rings. The second kappa shape index (κ2) is 11.2. The minimum absolute atomic E-state index is 0.142. The largest absolute Gasteiger partial charge is 0.486 e. The standard InChI is InChI=1S/C24H13BrCl3N3O2/c25-18-9-14(8-17(12-30)24(32)31-21-7-3-6-19(26)22(21)28)10-20(27)23(18)33-13-16-5-2-1-4-15(16)11-29/h1-10H,13H2,(H,31,32)/b17-8-. The number of amides is 1. The lowest BCUT2D eigenvalue weighted by atomic mass is 10.1. The Labute approximate surface area is 213 Å². The highest BCUT2D eigenvalue weighted by Gasteiger charge is 2.15. The van der Waals surface area contributed by atoms with Crippen molar-refractivity contribution in [3.63, 3.8) is 0 Å². The zero-order valence-electron chi connectivity index (χ0n) is 16.7. The molecular formula is C24H13BrCl3N3O2. The van der Waals surface area contributed by atoms with Gasteiger partial charge in [-0.15, -0.1) is 0 Å². The Balaban J connectivity index is 1.81. The van der Waals surface area contributed by atoms with Crippen LogP contribution in [0.15, 0.2) is 64.6 Å². The summed E-state index contributed by atoms with van der Waals surface area (Å²) in [7, 11) is 0. The number of nitriles is 2. The summed E-state index contributed by atoms with van der Waals surface area (Å²) in [6.45, 7) is 0.142. The second-order valence-corrected chi connectivity index (χ2v) is 8.64. The maximum absolute atomic E-state index is 12.6. The van der Waals surface area contributed by atoms with Crippen molar-refractivity contribution in [2.75, 3.05) is 5.32 Å². The van der Waals surface area contributed by atoms with Gasteiger partial charge in [0.25, 0.3) is 5.91 Å². The molecule has 0 bridgehead atoms. The van der Waals surface area contributed by atoms with Crippen molar-refractivity contribution in [1.29, 1.82) is 10.5 Å². The normalized spacial score (nSPS) is 10.8. The number of halogens is 4. The van der Waals surface area contributed by atoms with Gasteiger partial charge in [-0.05, 0) is 57.9 Å². The maximum atomic E-state index is 12.6. The molecule has 0 unspecified atom stereocenters. The number of benzene rings is 3. The van der Waals surface area contributed by atoms with Crippen molar-refractivity contribution in [3.05, 3.63) is 96.4 Å². The van der Waals surface area contributed by atoms with Gasteiger partial charge in [0.05, 0.1) is 36.9 Å². The van der Waals surface area contributed by atoms with Crippen molar-refractivity contribution in [3.8, 4) is 17.9 Å². The zero-order valence-corrected chi connectivity index (χ0v) is 20.6. The molecule has 0 radical (unpaired) electrons. The minimum atomic E-state index is -0.651. The van der Waals surface area contributed by atoms with Crippen molar-refractivity contribution in [2.45, 2.75) is 6.61 Å². The van der Waals surface area contributed by atoms with Gasteiger partial charge in [0, 0.05) is 5.56 Å². The van der Waals surface area contributed by atoms with Gasteiger partial charge in [0.15, 0.2) is 5.75 Å². The maximum Gasteiger partial charge on any atom is 0.266 e. The van der Waals surface area contributed by atoms with E-state index in [0.717, 1.165) is 5.56 Å². The van der Waals surface area contributed by atoms with Crippen LogP contribution in [0.2, 0.25) is 15.1 Å². The highest BCUT2D eigenvalue weighted by Crippen LogP contribution is 2.36. The molecule has 1 amide bonds. The number of hydrogen-bond acceptors (Lipinski definition) is 4. The number of hydrogen-bond donors (Lipinski definition) is 1. The first-order valence-corrected chi connectivity index (χ1v) is 11.2. The van der Waals surface area contributed by atoms with Crippen LogP contribution in [-0.2, 0) is 11.4 Å². The molecule has 33 heavy (non-hydrogen) atoms. The van der Waals surface area contributed by atoms with Crippen LogP contribution in [0.4, 0.5) is 5.69 Å². The molecule has 3 rings (SSSR count). The van der Waals surface area contributed by atoms with Crippen LogP contribution in [0, 0.1) is 22.7 Å². The van der Waals surface area contributed by atoms with Crippen LogP contribution in [0.1, 0.15) is 16.7 Å². The molecule has 0 aliphatic carbocycles. The van der Waals surface area contributed by atoms with Gasteiger partial charge in [-0.2, -0.15) is 10.5 Å². The van der Waals surface area contributed by atoms with E-state index in [2.05, 4.69) is 27.3 Å². The molecule has 0 aliphatic heterocycles. The molecule has 1 N–H and O–H groups in total. The molecule has 5 nitrogen and oxygen atoms in total. The summed E-state index contributed by atoms with van der Waals surface area (Å²) >= 11 is 21.8. The van der Waals surface area contributed by atoms with E-state index in [1.54, 1.807) is 48.5 Å². The van der Waals surface area contributed by atoms with E-state index in [9.17, 15) is 15.3 Å². The molecule has 164 valence electrons. The van der Waals surface area contributed by atoms with Gasteiger partial charge in [0.2, 0.25) is 0 Å². The fraction of sp³-hybridized carbons (Fsp3) is 0.0417. The summed E-state index contributed by atoms with van der Waals surface area (Å²) in [4.78, 5) is 12.6. The summed E-state index contributed by atoms with van der Waals surface area (Å²) in [6, 6.07) is 19.1. The van der Waals surface area contributed by atoms with Crippen molar-refractivity contribution >= 4 is 68.4 Å². The van der Waals surface area contributed by atoms with Gasteiger partial charge >= 0.3 is 0 Å². The highest BCUT2D eigenvalue weighted by atomic mass is 79.9. The van der Waals surface area contributed by atoms with Crippen LogP contribution in [0.5, 0.6) is 5.75 Å². The smallest absolute Gasteiger partial charge is 0.266 e. The van der Waals surface area contributed by atoms with E-state index in [1.165, 1.54) is 6.08 Å². The van der Waals surface area contributed by atoms with Crippen LogP contribution in [0.3, 0.4) is 0 Å². The molecule has 0 heterocycles. The molecule has 0 fully saturated rings. The Bertz CT molecular complexity index is 1320. The topological polar surface area (TPSA) is 85.9 Å². The van der Waals surface area contributed by atoms with Gasteiger partial charge in [-0.1, -0.05) is 59.1 Å². The van der Waals surface area contributed by atoms with E-state index in [-0.39, 0.29) is 32.9 Å². The van der Waals surface area contributed by atoms with Crippen molar-refractivity contribution in [1.82, 2.24) is 0 Å². The average Bonchev–Trinajstić information content (AvgIpc) is 2.80. The van der Waals surface area contributed by atoms with E-state index < -0.39 is 5.91 Å². The molecule has 3 aromatic carbocycles. The Morgan fingerprint density at radius 1 is 1.06 bits per heavy atom. The lowest BCUT2D eigenvalue weighted by Gasteiger charge is -2.12. The number of carbonyl (C=O) groups excluding carboxylic acids is 1. The van der Waals surface area contributed by atoms with Gasteiger partial charge in [-0.25, -0.2) is 0 Å². The van der Waals surface area contributed by atoms with E-state index in [1.807, 2.05) is 12.1 Å². The quantitative estimate of drug-likeness (QED) is 0.251. The number of nitrogens with zero attached hydrogens (tertiary/aromatic N) is 2. The molecule has 9 heteroatoms. The van der Waals surface area contributed by atoms with Crippen LogP contribution in [-0.4, -0.2) is 5.91 Å². The van der Waals surface area contributed by atoms with Gasteiger partial charge < -0.3 is 10.1 Å². The van der Waals surface area contributed by atoms with Crippen LogP contribution >= 0.6 is 50.7 Å². The summed E-state index contributed by atoms with van der Waals surface area (Å²) < 4.78 is 6.33. The molecular weight excluding hydrogens is 549 g/mol. The Kier molecular flexibility index (Phi) is 8.38. The van der Waals surface area contributed by atoms with Gasteiger partial charge in [-0.3, -0.25) is 4.79 Å². The summed E-state index contributed by atoms with van der Waals surface area (Å²) in [5, 5.41) is 22.0. The Morgan fingerprint density at radius 3 is 2.52 bits per heavy atom. The predicted molar refractivity (Wildman–Crippen MR) is 133 cm³/mol. The van der Waals surface area contributed by atoms with Crippen molar-refractivity contribution in [2.24, 2.45) is 0 Å². The van der Waals surface area contributed by atoms with E-state index in [0.29, 0.717) is 21.3 Å². The Morgan fingerprint density at radius 2 is 1.82 bits per heavy atom. The summed E-state index contributed by atoms with van der Waals surface area (Å²) in [5.41, 5.74) is 1.85. The fourth-order valence-corrected chi connectivity index (χ4v) is 4.15. The van der Waals surface area contributed by atoms with Crippen LogP contribution < -0.4 is 10.1 Å². The van der Waals surface area contributed by atoms with Gasteiger partial charge in [0.1, 0.15) is 18.2 Å².